The molecule has 3 rings (SSSR count). The highest BCUT2D eigenvalue weighted by Gasteiger charge is 2.23. The van der Waals surface area contributed by atoms with E-state index in [9.17, 15) is 24.9 Å². The molecule has 0 saturated heterocycles. The van der Waals surface area contributed by atoms with E-state index in [0.717, 1.165) is 44.1 Å². The molecule has 2 aliphatic carbocycles. The molecule has 0 aliphatic heterocycles. The average Bonchev–Trinajstić information content (AvgIpc) is 2.77. The summed E-state index contributed by atoms with van der Waals surface area (Å²) in [6, 6.07) is 6.28. The minimum Gasteiger partial charge on any atom is -0.508 e. The fourth-order valence-corrected chi connectivity index (χ4v) is 4.31. The van der Waals surface area contributed by atoms with Gasteiger partial charge < -0.3 is 31.1 Å². The molecule has 180 valence electrons. The molecule has 2 atom stereocenters. The van der Waals surface area contributed by atoms with Crippen molar-refractivity contribution in [3.05, 3.63) is 29.8 Å². The number of aliphatic hydroxyl groups is 1. The first-order valence-corrected chi connectivity index (χ1v) is 11.7. The summed E-state index contributed by atoms with van der Waals surface area (Å²) in [6.45, 7) is 1.65. The van der Waals surface area contributed by atoms with Gasteiger partial charge in [0.2, 0.25) is 0 Å². The summed E-state index contributed by atoms with van der Waals surface area (Å²) >= 11 is 0. The molecule has 0 unspecified atom stereocenters. The van der Waals surface area contributed by atoms with Crippen molar-refractivity contribution in [3.8, 4) is 5.75 Å². The van der Waals surface area contributed by atoms with Gasteiger partial charge in [-0.1, -0.05) is 31.4 Å². The van der Waals surface area contributed by atoms with Crippen LogP contribution in [0.3, 0.4) is 0 Å². The number of carbonyl (C=O) groups is 2. The molecular weight excluding hydrogens is 412 g/mol. The predicted molar refractivity (Wildman–Crippen MR) is 122 cm³/mol. The van der Waals surface area contributed by atoms with Crippen molar-refractivity contribution in [3.63, 3.8) is 0 Å². The predicted octanol–water partition coefficient (Wildman–Crippen LogP) is 2.66. The van der Waals surface area contributed by atoms with Gasteiger partial charge >= 0.3 is 11.9 Å². The molecular formula is C24H38N2O6. The number of carboxylic acid groups (broad SMARTS) is 2. The van der Waals surface area contributed by atoms with Crippen molar-refractivity contribution in [2.75, 3.05) is 0 Å². The molecule has 0 radical (unpaired) electrons. The smallest absolute Gasteiger partial charge is 0.321 e. The molecule has 0 bridgehead atoms. The second kappa shape index (κ2) is 13.4. The maximum atomic E-state index is 11.3. The molecule has 0 aromatic heterocycles. The Labute approximate surface area is 190 Å². The van der Waals surface area contributed by atoms with E-state index in [4.69, 9.17) is 5.11 Å². The Morgan fingerprint density at radius 2 is 1.44 bits per heavy atom. The van der Waals surface area contributed by atoms with Gasteiger partial charge in [0, 0.05) is 12.1 Å². The van der Waals surface area contributed by atoms with Gasteiger partial charge in [0.25, 0.3) is 0 Å². The summed E-state index contributed by atoms with van der Waals surface area (Å²) in [5.41, 5.74) is 0.925. The van der Waals surface area contributed by atoms with Gasteiger partial charge in [-0.05, 0) is 69.6 Å². The Balaban J connectivity index is 0.000000244. The lowest BCUT2D eigenvalue weighted by Crippen LogP contribution is -2.45. The summed E-state index contributed by atoms with van der Waals surface area (Å²) in [5.74, 6) is -1.42. The maximum absolute atomic E-state index is 11.3. The summed E-state index contributed by atoms with van der Waals surface area (Å²) in [7, 11) is 0. The molecule has 2 fully saturated rings. The van der Waals surface area contributed by atoms with Crippen molar-refractivity contribution in [1.82, 2.24) is 10.6 Å². The molecule has 2 aliphatic rings. The van der Waals surface area contributed by atoms with E-state index in [0.29, 0.717) is 12.5 Å². The van der Waals surface area contributed by atoms with Crippen LogP contribution >= 0.6 is 0 Å². The molecule has 32 heavy (non-hydrogen) atoms. The number of carboxylic acids is 2. The minimum absolute atomic E-state index is 0.182. The van der Waals surface area contributed by atoms with Crippen LogP contribution in [0.2, 0.25) is 0 Å². The van der Waals surface area contributed by atoms with Crippen molar-refractivity contribution in [2.45, 2.75) is 101 Å². The van der Waals surface area contributed by atoms with Crippen LogP contribution in [0.1, 0.15) is 70.3 Å². The Hall–Kier alpha value is -2.16. The normalized spacial score (nSPS) is 23.4. The topological polar surface area (TPSA) is 139 Å². The first-order valence-electron chi connectivity index (χ1n) is 11.7. The van der Waals surface area contributed by atoms with Gasteiger partial charge in [-0.2, -0.15) is 0 Å². The fraction of sp³-hybridized carbons (Fsp3) is 0.667. The third kappa shape index (κ3) is 9.54. The van der Waals surface area contributed by atoms with E-state index in [1.807, 2.05) is 0 Å². The van der Waals surface area contributed by atoms with Gasteiger partial charge in [0.1, 0.15) is 17.8 Å². The highest BCUT2D eigenvalue weighted by molar-refractivity contribution is 5.74. The molecule has 6 N–H and O–H groups in total. The number of aromatic hydroxyl groups is 1. The first kappa shape index (κ1) is 26.1. The van der Waals surface area contributed by atoms with E-state index < -0.39 is 24.0 Å². The number of phenols is 1. The Kier molecular flexibility index (Phi) is 10.9. The summed E-state index contributed by atoms with van der Waals surface area (Å²) in [4.78, 5) is 21.9. The SMILES string of the molecule is C[C@H](NC1CCC(O)CC1)C(=O)O.O=C(O)[C@H](Cc1ccc(O)cc1)NC1CCCCC1. The number of phenolic OH excluding ortho intramolecular Hbond substituents is 1. The lowest BCUT2D eigenvalue weighted by atomic mass is 9.93. The quantitative estimate of drug-likeness (QED) is 0.355. The van der Waals surface area contributed by atoms with Crippen LogP contribution in [0, 0.1) is 0 Å². The highest BCUT2D eigenvalue weighted by Crippen LogP contribution is 2.20. The second-order valence-corrected chi connectivity index (χ2v) is 9.00. The molecule has 8 nitrogen and oxygen atoms in total. The number of nitrogens with one attached hydrogen (secondary N) is 2. The van der Waals surface area contributed by atoms with Gasteiger partial charge in [0.15, 0.2) is 0 Å². The maximum Gasteiger partial charge on any atom is 0.321 e. The van der Waals surface area contributed by atoms with Crippen LogP contribution in [0.5, 0.6) is 5.75 Å². The zero-order valence-electron chi connectivity index (χ0n) is 18.9. The van der Waals surface area contributed by atoms with Gasteiger partial charge in [-0.15, -0.1) is 0 Å². The molecule has 1 aromatic carbocycles. The van der Waals surface area contributed by atoms with Crippen molar-refractivity contribution < 1.29 is 30.0 Å². The Bertz CT molecular complexity index is 697. The number of rotatable bonds is 8. The Morgan fingerprint density at radius 3 is 1.97 bits per heavy atom. The summed E-state index contributed by atoms with van der Waals surface area (Å²) < 4.78 is 0. The largest absolute Gasteiger partial charge is 0.508 e. The molecule has 0 amide bonds. The number of aliphatic hydroxyl groups excluding tert-OH is 1. The van der Waals surface area contributed by atoms with Gasteiger partial charge in [-0.3, -0.25) is 9.59 Å². The van der Waals surface area contributed by atoms with E-state index in [1.54, 1.807) is 31.2 Å². The average molecular weight is 451 g/mol. The molecule has 0 spiro atoms. The fourth-order valence-electron chi connectivity index (χ4n) is 4.31. The number of hydrogen-bond donors (Lipinski definition) is 6. The zero-order valence-corrected chi connectivity index (χ0v) is 18.9. The van der Waals surface area contributed by atoms with Crippen molar-refractivity contribution in [1.29, 1.82) is 0 Å². The van der Waals surface area contributed by atoms with Crippen molar-refractivity contribution >= 4 is 11.9 Å². The molecule has 2 saturated carbocycles. The Morgan fingerprint density at radius 1 is 0.875 bits per heavy atom. The number of aliphatic carboxylic acids is 2. The standard InChI is InChI=1S/C15H21NO3.C9H17NO3/c17-13-8-6-11(7-9-13)10-14(15(18)19)16-12-4-2-1-3-5-12;1-6(9(12)13)10-7-2-4-8(11)5-3-7/h6-9,12,14,16-17H,1-5,10H2,(H,18,19);6-8,10-11H,2-5H2,1H3,(H,12,13)/t14-;6-,7?,8?/m00/s1. The number of benzene rings is 1. The minimum atomic E-state index is -0.814. The van der Waals surface area contributed by atoms with E-state index in [-0.39, 0.29) is 17.9 Å². The summed E-state index contributed by atoms with van der Waals surface area (Å²) in [6.07, 6.45) is 9.34. The lowest BCUT2D eigenvalue weighted by molar-refractivity contribution is -0.140. The van der Waals surface area contributed by atoms with Crippen molar-refractivity contribution in [2.24, 2.45) is 0 Å². The van der Waals surface area contributed by atoms with Crippen LogP contribution in [0.4, 0.5) is 0 Å². The third-order valence-electron chi connectivity index (χ3n) is 6.27. The van der Waals surface area contributed by atoms with E-state index >= 15 is 0 Å². The van der Waals surface area contributed by atoms with E-state index in [1.165, 1.54) is 19.3 Å². The molecule has 8 heteroatoms. The van der Waals surface area contributed by atoms with Crippen LogP contribution < -0.4 is 10.6 Å². The monoisotopic (exact) mass is 450 g/mol. The molecule has 1 aromatic rings. The van der Waals surface area contributed by atoms with Crippen LogP contribution in [0.15, 0.2) is 24.3 Å². The summed E-state index contributed by atoms with van der Waals surface area (Å²) in [5, 5.41) is 42.7. The third-order valence-corrected chi connectivity index (χ3v) is 6.27. The van der Waals surface area contributed by atoms with E-state index in [2.05, 4.69) is 10.6 Å². The highest BCUT2D eigenvalue weighted by atomic mass is 16.4. The van der Waals surface area contributed by atoms with Crippen LogP contribution in [-0.4, -0.2) is 62.6 Å². The second-order valence-electron chi connectivity index (χ2n) is 9.00. The number of hydrogen-bond acceptors (Lipinski definition) is 6. The zero-order chi connectivity index (χ0) is 23.5. The van der Waals surface area contributed by atoms with Gasteiger partial charge in [0.05, 0.1) is 6.10 Å². The molecule has 0 heterocycles. The van der Waals surface area contributed by atoms with Gasteiger partial charge in [-0.25, -0.2) is 0 Å². The first-order chi connectivity index (χ1) is 15.2. The van der Waals surface area contributed by atoms with Crippen LogP contribution in [-0.2, 0) is 16.0 Å². The lowest BCUT2D eigenvalue weighted by Gasteiger charge is -2.27. The van der Waals surface area contributed by atoms with Crippen LogP contribution in [0.25, 0.3) is 0 Å².